The molecule has 1 aliphatic heterocycles. The molecule has 1 aromatic rings. The topological polar surface area (TPSA) is 93.1 Å². The Kier molecular flexibility index (Phi) is 3.67. The van der Waals surface area contributed by atoms with Crippen LogP contribution in [-0.2, 0) is 21.4 Å². The summed E-state index contributed by atoms with van der Waals surface area (Å²) in [6, 6.07) is 0. The number of phenolic OH excluding ortho intramolecular Hbond substituents is 2. The summed E-state index contributed by atoms with van der Waals surface area (Å²) in [5, 5.41) is 21.8. The largest absolute Gasteiger partial charge is 0.507 e. The van der Waals surface area contributed by atoms with Crippen LogP contribution in [0.15, 0.2) is 22.8 Å². The van der Waals surface area contributed by atoms with Crippen molar-refractivity contribution in [3.05, 3.63) is 39.5 Å². The van der Waals surface area contributed by atoms with Gasteiger partial charge >= 0.3 is 5.97 Å². The number of hydrogen-bond donors (Lipinski definition) is 2. The highest BCUT2D eigenvalue weighted by Crippen LogP contribution is 2.58. The van der Waals surface area contributed by atoms with Crippen molar-refractivity contribution >= 4 is 11.8 Å². The number of ketones is 1. The molecule has 0 aromatic heterocycles. The molecule has 6 nitrogen and oxygen atoms in total. The molecule has 3 aliphatic rings. The molecule has 6 heteroatoms. The van der Waals surface area contributed by atoms with Gasteiger partial charge in [-0.15, -0.1) is 0 Å². The molecule has 0 amide bonds. The number of aromatic hydroxyl groups is 2. The molecular formula is C21H22O6. The molecule has 0 saturated heterocycles. The Morgan fingerprint density at radius 2 is 2.04 bits per heavy atom. The highest BCUT2D eigenvalue weighted by atomic mass is 16.5. The van der Waals surface area contributed by atoms with Gasteiger partial charge in [0.15, 0.2) is 17.3 Å². The summed E-state index contributed by atoms with van der Waals surface area (Å²) in [4.78, 5) is 25.0. The van der Waals surface area contributed by atoms with E-state index in [9.17, 15) is 19.8 Å². The summed E-state index contributed by atoms with van der Waals surface area (Å²) in [5.74, 6) is -0.721. The van der Waals surface area contributed by atoms with E-state index >= 15 is 0 Å². The van der Waals surface area contributed by atoms with Crippen LogP contribution in [0.3, 0.4) is 0 Å². The van der Waals surface area contributed by atoms with Gasteiger partial charge < -0.3 is 19.7 Å². The Labute approximate surface area is 157 Å². The number of rotatable bonds is 1. The summed E-state index contributed by atoms with van der Waals surface area (Å²) in [6.45, 7) is 5.56. The third-order valence-corrected chi connectivity index (χ3v) is 6.14. The Morgan fingerprint density at radius 1 is 1.33 bits per heavy atom. The summed E-state index contributed by atoms with van der Waals surface area (Å²) >= 11 is 0. The molecule has 0 bridgehead atoms. The van der Waals surface area contributed by atoms with Gasteiger partial charge in [0.25, 0.3) is 0 Å². The van der Waals surface area contributed by atoms with E-state index in [1.807, 2.05) is 13.8 Å². The smallest absolute Gasteiger partial charge is 0.333 e. The van der Waals surface area contributed by atoms with Gasteiger partial charge in [-0.3, -0.25) is 4.79 Å². The number of phenols is 2. The van der Waals surface area contributed by atoms with Crippen LogP contribution in [0.4, 0.5) is 0 Å². The van der Waals surface area contributed by atoms with E-state index in [1.165, 1.54) is 13.2 Å². The predicted octanol–water partition coefficient (Wildman–Crippen LogP) is 3.08. The van der Waals surface area contributed by atoms with Gasteiger partial charge in [0.2, 0.25) is 0 Å². The highest BCUT2D eigenvalue weighted by molar-refractivity contribution is 6.12. The van der Waals surface area contributed by atoms with Crippen LogP contribution in [0.2, 0.25) is 0 Å². The lowest BCUT2D eigenvalue weighted by Gasteiger charge is -2.42. The Morgan fingerprint density at radius 3 is 2.70 bits per heavy atom. The van der Waals surface area contributed by atoms with Crippen molar-refractivity contribution in [1.29, 1.82) is 0 Å². The first kappa shape index (κ1) is 17.6. The summed E-state index contributed by atoms with van der Waals surface area (Å²) in [7, 11) is 1.33. The van der Waals surface area contributed by atoms with Crippen LogP contribution >= 0.6 is 0 Å². The lowest BCUT2D eigenvalue weighted by atomic mass is 9.61. The van der Waals surface area contributed by atoms with E-state index in [4.69, 9.17) is 9.47 Å². The second kappa shape index (κ2) is 5.62. The van der Waals surface area contributed by atoms with Gasteiger partial charge in [-0.1, -0.05) is 6.92 Å². The molecule has 0 radical (unpaired) electrons. The second-order valence-corrected chi connectivity index (χ2v) is 7.74. The monoisotopic (exact) mass is 370 g/mol. The lowest BCUT2D eigenvalue weighted by molar-refractivity contribution is -0.136. The number of ether oxygens (including phenoxy) is 2. The molecule has 0 spiro atoms. The first-order valence-corrected chi connectivity index (χ1v) is 9.03. The Balaban J connectivity index is 1.99. The van der Waals surface area contributed by atoms with Gasteiger partial charge in [0.05, 0.1) is 12.7 Å². The van der Waals surface area contributed by atoms with Crippen molar-refractivity contribution in [2.75, 3.05) is 7.11 Å². The lowest BCUT2D eigenvalue weighted by Crippen LogP contribution is -2.36. The number of carbonyl (C=O) groups is 2. The third kappa shape index (κ3) is 2.19. The maximum Gasteiger partial charge on any atom is 0.333 e. The van der Waals surface area contributed by atoms with Gasteiger partial charge in [-0.2, -0.15) is 0 Å². The number of allylic oxidation sites excluding steroid dienone is 3. The number of hydrogen-bond acceptors (Lipinski definition) is 6. The van der Waals surface area contributed by atoms with Gasteiger partial charge in [0.1, 0.15) is 11.9 Å². The predicted molar refractivity (Wildman–Crippen MR) is 97.3 cm³/mol. The van der Waals surface area contributed by atoms with E-state index in [0.717, 1.165) is 0 Å². The SMILES string of the molecule is COC(=O)C1=C(C)C2=CC(=O)c3c(O)c4c(c(O)c3[C@@]2(C)CC1)O[C@@H](C)C4. The fraction of sp³-hybridized carbons (Fsp3) is 0.429. The molecule has 0 saturated carbocycles. The number of benzene rings is 1. The minimum absolute atomic E-state index is 0.0853. The zero-order valence-electron chi connectivity index (χ0n) is 15.8. The quantitative estimate of drug-likeness (QED) is 0.583. The minimum atomic E-state index is -0.712. The van der Waals surface area contributed by atoms with Crippen LogP contribution in [0.1, 0.15) is 55.1 Å². The molecular weight excluding hydrogens is 348 g/mol. The van der Waals surface area contributed by atoms with Crippen LogP contribution in [0, 0.1) is 0 Å². The average molecular weight is 370 g/mol. The standard InChI is InChI=1S/C21H22O6/c1-9-7-12-17(23)15-14(22)8-13-10(2)11(20(25)26-4)5-6-21(13,3)16(15)18(24)19(12)27-9/h8-9,23-24H,5-7H2,1-4H3/t9-,21-/m0/s1. The third-order valence-electron chi connectivity index (χ3n) is 6.14. The van der Waals surface area contributed by atoms with E-state index < -0.39 is 11.4 Å². The van der Waals surface area contributed by atoms with Crippen molar-refractivity contribution in [2.45, 2.75) is 51.6 Å². The fourth-order valence-corrected chi connectivity index (χ4v) is 4.76. The van der Waals surface area contributed by atoms with Crippen molar-refractivity contribution in [3.63, 3.8) is 0 Å². The highest BCUT2D eigenvalue weighted by Gasteiger charge is 2.48. The normalized spacial score (nSPS) is 26.0. The van der Waals surface area contributed by atoms with Crippen LogP contribution in [-0.4, -0.2) is 35.2 Å². The summed E-state index contributed by atoms with van der Waals surface area (Å²) in [6.07, 6.45) is 2.69. The first-order valence-electron chi connectivity index (χ1n) is 9.03. The number of fused-ring (bicyclic) bond motifs is 4. The van der Waals surface area contributed by atoms with E-state index in [0.29, 0.717) is 47.1 Å². The van der Waals surface area contributed by atoms with Crippen LogP contribution in [0.25, 0.3) is 0 Å². The fourth-order valence-electron chi connectivity index (χ4n) is 4.76. The molecule has 4 rings (SSSR count). The van der Waals surface area contributed by atoms with Crippen LogP contribution < -0.4 is 4.74 Å². The molecule has 1 aromatic carbocycles. The molecule has 1 heterocycles. The molecule has 0 fully saturated rings. The maximum absolute atomic E-state index is 12.9. The van der Waals surface area contributed by atoms with Gasteiger partial charge in [-0.05, 0) is 43.9 Å². The van der Waals surface area contributed by atoms with Crippen molar-refractivity contribution in [2.24, 2.45) is 0 Å². The van der Waals surface area contributed by atoms with E-state index in [1.54, 1.807) is 6.92 Å². The van der Waals surface area contributed by atoms with Crippen molar-refractivity contribution in [3.8, 4) is 17.2 Å². The van der Waals surface area contributed by atoms with E-state index in [2.05, 4.69) is 0 Å². The zero-order valence-corrected chi connectivity index (χ0v) is 15.8. The Hall–Kier alpha value is -2.76. The molecule has 2 N–H and O–H groups in total. The second-order valence-electron chi connectivity index (χ2n) is 7.74. The summed E-state index contributed by atoms with van der Waals surface area (Å²) in [5.41, 5.74) is 2.19. The molecule has 2 atom stereocenters. The number of carbonyl (C=O) groups excluding carboxylic acids is 2. The van der Waals surface area contributed by atoms with E-state index in [-0.39, 0.29) is 34.7 Å². The molecule has 0 unspecified atom stereocenters. The van der Waals surface area contributed by atoms with Crippen LogP contribution in [0.5, 0.6) is 17.2 Å². The average Bonchev–Trinajstić information content (AvgIpc) is 3.02. The minimum Gasteiger partial charge on any atom is -0.507 e. The van der Waals surface area contributed by atoms with Crippen molar-refractivity contribution in [1.82, 2.24) is 0 Å². The Bertz CT molecular complexity index is 968. The first-order chi connectivity index (χ1) is 12.7. The van der Waals surface area contributed by atoms with Crippen molar-refractivity contribution < 1.29 is 29.3 Å². The summed E-state index contributed by atoms with van der Waals surface area (Å²) < 4.78 is 10.6. The zero-order chi connectivity index (χ0) is 19.7. The molecule has 142 valence electrons. The number of methoxy groups -OCH3 is 1. The van der Waals surface area contributed by atoms with Gasteiger partial charge in [-0.25, -0.2) is 4.79 Å². The molecule has 2 aliphatic carbocycles. The van der Waals surface area contributed by atoms with Gasteiger partial charge in [0, 0.05) is 28.5 Å². The number of esters is 1. The maximum atomic E-state index is 12.9. The molecule has 27 heavy (non-hydrogen) atoms.